The number of anilines is 2. The molecule has 0 radical (unpaired) electrons. The molecular formula is C38H30N4S2. The molecule has 2 atom stereocenters. The fraction of sp³-hybridized carbons (Fsp3) is 0.105. The molecule has 6 heteroatoms. The Morgan fingerprint density at radius 1 is 0.455 bits per heavy atom. The molecule has 0 amide bonds. The van der Waals surface area contributed by atoms with Crippen molar-refractivity contribution in [2.45, 2.75) is 12.1 Å². The molecule has 0 fully saturated rings. The minimum absolute atomic E-state index is 0.150. The zero-order chi connectivity index (χ0) is 29.3. The lowest BCUT2D eigenvalue weighted by molar-refractivity contribution is 0.849. The van der Waals surface area contributed by atoms with Crippen molar-refractivity contribution in [1.82, 2.24) is 0 Å². The van der Waals surface area contributed by atoms with Crippen LogP contribution in [-0.4, -0.2) is 21.8 Å². The third-order valence-electron chi connectivity index (χ3n) is 8.26. The summed E-state index contributed by atoms with van der Waals surface area (Å²) in [6, 6.07) is 47.6. The van der Waals surface area contributed by atoms with E-state index in [9.17, 15) is 0 Å². The Balaban J connectivity index is 1.25. The first-order valence-electron chi connectivity index (χ1n) is 14.9. The first-order chi connectivity index (χ1) is 21.8. The lowest BCUT2D eigenvalue weighted by atomic mass is 9.91. The van der Waals surface area contributed by atoms with E-state index in [0.29, 0.717) is 0 Å². The van der Waals surface area contributed by atoms with Gasteiger partial charge in [0.25, 0.3) is 0 Å². The van der Waals surface area contributed by atoms with E-state index in [4.69, 9.17) is 9.98 Å². The van der Waals surface area contributed by atoms with Crippen LogP contribution in [0.1, 0.15) is 23.2 Å². The summed E-state index contributed by atoms with van der Waals surface area (Å²) in [6.45, 7) is 0. The van der Waals surface area contributed by atoms with Gasteiger partial charge in [-0.25, -0.2) is 0 Å². The van der Waals surface area contributed by atoms with Crippen molar-refractivity contribution < 1.29 is 0 Å². The van der Waals surface area contributed by atoms with E-state index in [1.165, 1.54) is 32.7 Å². The van der Waals surface area contributed by atoms with Gasteiger partial charge in [0, 0.05) is 34.0 Å². The number of rotatable bonds is 5. The highest BCUT2D eigenvalue weighted by Crippen LogP contribution is 2.45. The van der Waals surface area contributed by atoms with Crippen LogP contribution in [-0.2, 0) is 0 Å². The standard InChI is InChI=1S/C38H30N4S2/c1-3-13-27(14-4-1)33-23-43-37(41-33)39-31-21-19-25-11-7-9-17-29(25)35(31)36-30-18-10-8-12-26(30)20-22-32(36)40-38-42-34(24-44-38)28-15-5-2-6-16-28/h1-22,33-34H,23-24H2,(H,39,41)(H,40,42). The van der Waals surface area contributed by atoms with Crippen molar-refractivity contribution in [1.29, 1.82) is 0 Å². The molecule has 4 nitrogen and oxygen atoms in total. The number of hydrogen-bond acceptors (Lipinski definition) is 6. The molecule has 6 aromatic carbocycles. The number of fused-ring (bicyclic) bond motifs is 2. The zero-order valence-electron chi connectivity index (χ0n) is 24.0. The van der Waals surface area contributed by atoms with Crippen LogP contribution in [0.3, 0.4) is 0 Å². The maximum atomic E-state index is 5.10. The van der Waals surface area contributed by atoms with Crippen molar-refractivity contribution >= 4 is 66.8 Å². The van der Waals surface area contributed by atoms with Crippen LogP contribution in [0.15, 0.2) is 143 Å². The predicted octanol–water partition coefficient (Wildman–Crippen LogP) is 10.2. The van der Waals surface area contributed by atoms with Gasteiger partial charge in [-0.15, -0.1) is 0 Å². The summed E-state index contributed by atoms with van der Waals surface area (Å²) >= 11 is 3.56. The molecule has 2 heterocycles. The summed E-state index contributed by atoms with van der Waals surface area (Å²) in [7, 11) is 0. The molecule has 0 aromatic heterocycles. The first kappa shape index (κ1) is 27.1. The smallest absolute Gasteiger partial charge is 0.161 e. The van der Waals surface area contributed by atoms with Crippen LogP contribution in [0.4, 0.5) is 11.4 Å². The number of benzene rings is 6. The summed E-state index contributed by atoms with van der Waals surface area (Å²) in [6.07, 6.45) is 0. The topological polar surface area (TPSA) is 48.8 Å². The molecule has 2 N–H and O–H groups in total. The van der Waals surface area contributed by atoms with Gasteiger partial charge in [0.2, 0.25) is 0 Å². The van der Waals surface area contributed by atoms with E-state index in [1.807, 2.05) is 0 Å². The predicted molar refractivity (Wildman–Crippen MR) is 192 cm³/mol. The van der Waals surface area contributed by atoms with Crippen molar-refractivity contribution in [3.05, 3.63) is 145 Å². The maximum absolute atomic E-state index is 5.10. The second kappa shape index (κ2) is 11.9. The molecule has 0 aliphatic carbocycles. The van der Waals surface area contributed by atoms with Crippen LogP contribution in [0.2, 0.25) is 0 Å². The van der Waals surface area contributed by atoms with E-state index in [1.54, 1.807) is 23.5 Å². The number of thioether (sulfide) groups is 2. The highest BCUT2D eigenvalue weighted by atomic mass is 32.2. The van der Waals surface area contributed by atoms with E-state index in [2.05, 4.69) is 144 Å². The lowest BCUT2D eigenvalue weighted by Gasteiger charge is -2.20. The van der Waals surface area contributed by atoms with Crippen LogP contribution >= 0.6 is 23.5 Å². The van der Waals surface area contributed by atoms with E-state index in [-0.39, 0.29) is 12.1 Å². The van der Waals surface area contributed by atoms with Crippen LogP contribution in [0.5, 0.6) is 0 Å². The quantitative estimate of drug-likeness (QED) is 0.205. The summed E-state index contributed by atoms with van der Waals surface area (Å²) < 4.78 is 0. The zero-order valence-corrected chi connectivity index (χ0v) is 25.6. The minimum Gasteiger partial charge on any atom is -0.334 e. The molecule has 2 aliphatic heterocycles. The Hall–Kier alpha value is -4.52. The minimum atomic E-state index is 0.150. The van der Waals surface area contributed by atoms with Gasteiger partial charge < -0.3 is 10.6 Å². The van der Waals surface area contributed by atoms with Gasteiger partial charge in [-0.05, 0) is 44.8 Å². The number of amidine groups is 2. The second-order valence-corrected chi connectivity index (χ2v) is 13.0. The number of aliphatic imine (C=N–C) groups is 2. The average Bonchev–Trinajstić information content (AvgIpc) is 3.76. The summed E-state index contributed by atoms with van der Waals surface area (Å²) in [5.74, 6) is 1.85. The average molecular weight is 607 g/mol. The van der Waals surface area contributed by atoms with E-state index >= 15 is 0 Å². The van der Waals surface area contributed by atoms with Crippen molar-refractivity contribution in [3.63, 3.8) is 0 Å². The first-order valence-corrected chi connectivity index (χ1v) is 16.9. The third kappa shape index (κ3) is 5.25. The third-order valence-corrected chi connectivity index (χ3v) is 10.2. The van der Waals surface area contributed by atoms with Gasteiger partial charge in [-0.2, -0.15) is 0 Å². The highest BCUT2D eigenvalue weighted by molar-refractivity contribution is 8.14. The number of nitrogens with one attached hydrogen (secondary N) is 2. The maximum Gasteiger partial charge on any atom is 0.161 e. The molecular weight excluding hydrogens is 577 g/mol. The van der Waals surface area contributed by atoms with Crippen LogP contribution in [0, 0.1) is 0 Å². The normalized spacial score (nSPS) is 17.9. The molecule has 2 unspecified atom stereocenters. The molecule has 0 saturated heterocycles. The highest BCUT2D eigenvalue weighted by Gasteiger charge is 2.25. The fourth-order valence-corrected chi connectivity index (χ4v) is 8.03. The number of hydrogen-bond donors (Lipinski definition) is 2. The molecule has 44 heavy (non-hydrogen) atoms. The summed E-state index contributed by atoms with van der Waals surface area (Å²) in [5, 5.41) is 14.2. The Labute approximate surface area is 265 Å². The van der Waals surface area contributed by atoms with Gasteiger partial charge in [-0.1, -0.05) is 145 Å². The molecule has 0 bridgehead atoms. The lowest BCUT2D eigenvalue weighted by Crippen LogP contribution is -2.09. The monoisotopic (exact) mass is 606 g/mol. The Morgan fingerprint density at radius 3 is 1.32 bits per heavy atom. The second-order valence-electron chi connectivity index (χ2n) is 11.0. The van der Waals surface area contributed by atoms with Gasteiger partial charge in [0.1, 0.15) is 0 Å². The molecule has 8 rings (SSSR count). The SMILES string of the molecule is c1ccc(C2CSC(Nc3ccc4ccccc4c3-c3c(NC4=NC(c5ccccc5)CS4)ccc4ccccc34)=N2)cc1. The van der Waals surface area contributed by atoms with Crippen LogP contribution in [0.25, 0.3) is 32.7 Å². The van der Waals surface area contributed by atoms with Crippen molar-refractivity contribution in [2.75, 3.05) is 22.1 Å². The van der Waals surface area contributed by atoms with E-state index < -0.39 is 0 Å². The van der Waals surface area contributed by atoms with Gasteiger partial charge in [0.05, 0.1) is 12.1 Å². The molecule has 6 aromatic rings. The largest absolute Gasteiger partial charge is 0.334 e. The Morgan fingerprint density at radius 2 is 0.864 bits per heavy atom. The molecule has 0 spiro atoms. The molecule has 2 aliphatic rings. The van der Waals surface area contributed by atoms with Gasteiger partial charge in [0.15, 0.2) is 10.3 Å². The number of nitrogens with zero attached hydrogens (tertiary/aromatic N) is 2. The summed E-state index contributed by atoms with van der Waals surface area (Å²) in [4.78, 5) is 10.2. The van der Waals surface area contributed by atoms with Crippen LogP contribution < -0.4 is 10.6 Å². The van der Waals surface area contributed by atoms with E-state index in [0.717, 1.165) is 44.3 Å². The molecule has 0 saturated carbocycles. The van der Waals surface area contributed by atoms with Gasteiger partial charge >= 0.3 is 0 Å². The van der Waals surface area contributed by atoms with Crippen molar-refractivity contribution in [2.24, 2.45) is 9.98 Å². The van der Waals surface area contributed by atoms with Gasteiger partial charge in [-0.3, -0.25) is 9.98 Å². The Bertz CT molecular complexity index is 1890. The Kier molecular flexibility index (Phi) is 7.30. The van der Waals surface area contributed by atoms with Crippen molar-refractivity contribution in [3.8, 4) is 11.1 Å². The molecule has 214 valence electrons. The fourth-order valence-electron chi connectivity index (χ4n) is 6.10. The summed E-state index contributed by atoms with van der Waals surface area (Å²) in [5.41, 5.74) is 6.92.